The van der Waals surface area contributed by atoms with Gasteiger partial charge in [0.15, 0.2) is 0 Å². The maximum atomic E-state index is 10.7. The maximum Gasteiger partial charge on any atom is 0.295 e. The Hall–Kier alpha value is -2.37. The first-order valence-electron chi connectivity index (χ1n) is 4.62. The Morgan fingerprint density at radius 2 is 2.25 bits per heavy atom. The van der Waals surface area contributed by atoms with Crippen LogP contribution in [0.5, 0.6) is 0 Å². The van der Waals surface area contributed by atoms with Crippen molar-refractivity contribution in [1.29, 1.82) is 0 Å². The van der Waals surface area contributed by atoms with E-state index >= 15 is 0 Å². The molecule has 0 unspecified atom stereocenters. The maximum absolute atomic E-state index is 10.7. The van der Waals surface area contributed by atoms with Crippen molar-refractivity contribution in [2.24, 2.45) is 0 Å². The van der Waals surface area contributed by atoms with Crippen molar-refractivity contribution >= 4 is 11.4 Å². The SMILES string of the molecule is Cc1cc(-n2ccnc2)cc(N)c1[N+](=O)[O-]. The van der Waals surface area contributed by atoms with E-state index in [0.717, 1.165) is 5.69 Å². The van der Waals surface area contributed by atoms with Crippen LogP contribution in [0.4, 0.5) is 11.4 Å². The van der Waals surface area contributed by atoms with E-state index < -0.39 is 4.92 Å². The lowest BCUT2D eigenvalue weighted by molar-refractivity contribution is -0.384. The van der Waals surface area contributed by atoms with Crippen molar-refractivity contribution < 1.29 is 4.92 Å². The van der Waals surface area contributed by atoms with Crippen LogP contribution in [0.1, 0.15) is 5.56 Å². The van der Waals surface area contributed by atoms with Gasteiger partial charge in [0.05, 0.1) is 11.3 Å². The summed E-state index contributed by atoms with van der Waals surface area (Å²) in [6, 6.07) is 3.27. The molecular formula is C10H10N4O2. The lowest BCUT2D eigenvalue weighted by Gasteiger charge is -2.06. The summed E-state index contributed by atoms with van der Waals surface area (Å²) in [6.45, 7) is 1.66. The molecule has 6 heteroatoms. The molecule has 2 N–H and O–H groups in total. The van der Waals surface area contributed by atoms with Crippen LogP contribution < -0.4 is 5.73 Å². The van der Waals surface area contributed by atoms with Gasteiger partial charge in [-0.1, -0.05) is 0 Å². The molecule has 2 rings (SSSR count). The number of nitrogen functional groups attached to an aromatic ring is 1. The molecule has 0 atom stereocenters. The molecule has 6 nitrogen and oxygen atoms in total. The summed E-state index contributed by atoms with van der Waals surface area (Å²) >= 11 is 0. The van der Waals surface area contributed by atoms with Crippen LogP contribution >= 0.6 is 0 Å². The van der Waals surface area contributed by atoms with Crippen molar-refractivity contribution in [3.63, 3.8) is 0 Å². The lowest BCUT2D eigenvalue weighted by atomic mass is 10.1. The van der Waals surface area contributed by atoms with Gasteiger partial charge in [0.25, 0.3) is 5.69 Å². The number of nitrogens with zero attached hydrogens (tertiary/aromatic N) is 3. The second kappa shape index (κ2) is 3.65. The summed E-state index contributed by atoms with van der Waals surface area (Å²) in [5, 5.41) is 10.7. The number of benzene rings is 1. The molecular weight excluding hydrogens is 208 g/mol. The standard InChI is InChI=1S/C10H10N4O2/c1-7-4-8(13-3-2-12-6-13)5-9(11)10(7)14(15)16/h2-6H,11H2,1H3. The Morgan fingerprint density at radius 1 is 1.50 bits per heavy atom. The van der Waals surface area contributed by atoms with Gasteiger partial charge in [-0.05, 0) is 19.1 Å². The summed E-state index contributed by atoms with van der Waals surface area (Å²) in [5.41, 5.74) is 7.07. The van der Waals surface area contributed by atoms with Gasteiger partial charge in [-0.3, -0.25) is 10.1 Å². The van der Waals surface area contributed by atoms with Gasteiger partial charge in [-0.25, -0.2) is 4.98 Å². The molecule has 0 aliphatic rings. The zero-order chi connectivity index (χ0) is 11.7. The van der Waals surface area contributed by atoms with E-state index in [2.05, 4.69) is 4.98 Å². The largest absolute Gasteiger partial charge is 0.393 e. The van der Waals surface area contributed by atoms with Crippen molar-refractivity contribution in [2.45, 2.75) is 6.92 Å². The van der Waals surface area contributed by atoms with Gasteiger partial charge >= 0.3 is 0 Å². The number of nitro groups is 1. The molecule has 0 saturated heterocycles. The Kier molecular flexibility index (Phi) is 2.32. The molecule has 1 aromatic carbocycles. The van der Waals surface area contributed by atoms with Gasteiger partial charge in [0, 0.05) is 23.6 Å². The minimum atomic E-state index is -0.470. The molecule has 0 amide bonds. The average Bonchev–Trinajstić information content (AvgIpc) is 2.67. The topological polar surface area (TPSA) is 87.0 Å². The average molecular weight is 218 g/mol. The number of aryl methyl sites for hydroxylation is 1. The number of hydrogen-bond acceptors (Lipinski definition) is 4. The molecule has 1 heterocycles. The van der Waals surface area contributed by atoms with Crippen LogP contribution in [0.3, 0.4) is 0 Å². The zero-order valence-electron chi connectivity index (χ0n) is 8.62. The fraction of sp³-hybridized carbons (Fsp3) is 0.100. The summed E-state index contributed by atoms with van der Waals surface area (Å²) in [7, 11) is 0. The van der Waals surface area contributed by atoms with E-state index in [4.69, 9.17) is 5.73 Å². The van der Waals surface area contributed by atoms with Gasteiger partial charge in [0.2, 0.25) is 0 Å². The van der Waals surface area contributed by atoms with Gasteiger partial charge in [-0.2, -0.15) is 0 Å². The van der Waals surface area contributed by atoms with Gasteiger partial charge in [-0.15, -0.1) is 0 Å². The first-order valence-corrected chi connectivity index (χ1v) is 4.62. The predicted molar refractivity (Wildman–Crippen MR) is 59.4 cm³/mol. The second-order valence-electron chi connectivity index (χ2n) is 3.43. The highest BCUT2D eigenvalue weighted by atomic mass is 16.6. The predicted octanol–water partition coefficient (Wildman–Crippen LogP) is 1.67. The van der Waals surface area contributed by atoms with Crippen LogP contribution in [0.15, 0.2) is 30.9 Å². The number of anilines is 1. The molecule has 2 aromatic rings. The summed E-state index contributed by atoms with van der Waals surface area (Å²) in [5.74, 6) is 0. The molecule has 0 spiro atoms. The molecule has 0 saturated carbocycles. The quantitative estimate of drug-likeness (QED) is 0.472. The first-order chi connectivity index (χ1) is 7.59. The summed E-state index contributed by atoms with van der Waals surface area (Å²) < 4.78 is 1.74. The van der Waals surface area contributed by atoms with E-state index in [1.165, 1.54) is 0 Å². The number of nitro benzene ring substituents is 1. The van der Waals surface area contributed by atoms with Crippen LogP contribution in [0.25, 0.3) is 5.69 Å². The molecule has 1 aromatic heterocycles. The first kappa shape index (κ1) is 10.2. The third kappa shape index (κ3) is 1.60. The van der Waals surface area contributed by atoms with E-state index in [-0.39, 0.29) is 11.4 Å². The second-order valence-corrected chi connectivity index (χ2v) is 3.43. The van der Waals surface area contributed by atoms with Gasteiger partial charge < -0.3 is 10.3 Å². The number of nitrogens with two attached hydrogens (primary N) is 1. The highest BCUT2D eigenvalue weighted by Gasteiger charge is 2.16. The molecule has 82 valence electrons. The normalized spacial score (nSPS) is 10.3. The lowest BCUT2D eigenvalue weighted by Crippen LogP contribution is -2.01. The number of aromatic nitrogens is 2. The van der Waals surface area contributed by atoms with E-state index in [1.54, 1.807) is 42.3 Å². The minimum Gasteiger partial charge on any atom is -0.393 e. The Morgan fingerprint density at radius 3 is 2.75 bits per heavy atom. The minimum absolute atomic E-state index is 0.0381. The Labute approximate surface area is 91.5 Å². The number of rotatable bonds is 2. The zero-order valence-corrected chi connectivity index (χ0v) is 8.62. The van der Waals surface area contributed by atoms with Crippen LogP contribution in [0, 0.1) is 17.0 Å². The fourth-order valence-corrected chi connectivity index (χ4v) is 1.60. The highest BCUT2D eigenvalue weighted by Crippen LogP contribution is 2.28. The third-order valence-electron chi connectivity index (χ3n) is 2.30. The Bertz CT molecular complexity index is 511. The highest BCUT2D eigenvalue weighted by molar-refractivity contribution is 5.66. The van der Waals surface area contributed by atoms with E-state index in [9.17, 15) is 10.1 Å². The number of imidazole rings is 1. The number of hydrogen-bond donors (Lipinski definition) is 1. The van der Waals surface area contributed by atoms with Crippen molar-refractivity contribution in [1.82, 2.24) is 9.55 Å². The molecule has 0 radical (unpaired) electrons. The Balaban J connectivity index is 2.58. The van der Waals surface area contributed by atoms with Crippen LogP contribution in [0.2, 0.25) is 0 Å². The molecule has 16 heavy (non-hydrogen) atoms. The van der Waals surface area contributed by atoms with Gasteiger partial charge in [0.1, 0.15) is 5.69 Å². The van der Waals surface area contributed by atoms with Crippen LogP contribution in [-0.2, 0) is 0 Å². The monoisotopic (exact) mass is 218 g/mol. The molecule has 0 fully saturated rings. The van der Waals surface area contributed by atoms with Crippen molar-refractivity contribution in [3.05, 3.63) is 46.5 Å². The molecule has 0 aliphatic heterocycles. The molecule has 0 bridgehead atoms. The fourth-order valence-electron chi connectivity index (χ4n) is 1.60. The third-order valence-corrected chi connectivity index (χ3v) is 2.30. The molecule has 0 aliphatic carbocycles. The van der Waals surface area contributed by atoms with E-state index in [0.29, 0.717) is 5.56 Å². The smallest absolute Gasteiger partial charge is 0.295 e. The summed E-state index contributed by atoms with van der Waals surface area (Å²) in [6.07, 6.45) is 4.99. The van der Waals surface area contributed by atoms with Crippen molar-refractivity contribution in [2.75, 3.05) is 5.73 Å². The van der Waals surface area contributed by atoms with E-state index in [1.807, 2.05) is 0 Å². The van der Waals surface area contributed by atoms with Crippen LogP contribution in [-0.4, -0.2) is 14.5 Å². The van der Waals surface area contributed by atoms with Crippen molar-refractivity contribution in [3.8, 4) is 5.69 Å². The summed E-state index contributed by atoms with van der Waals surface area (Å²) in [4.78, 5) is 14.2.